The number of H-pyrrole nitrogens is 1. The van der Waals surface area contributed by atoms with Crippen molar-refractivity contribution < 1.29 is 23.1 Å². The van der Waals surface area contributed by atoms with Crippen molar-refractivity contribution in [1.82, 2.24) is 4.98 Å². The van der Waals surface area contributed by atoms with E-state index in [0.717, 1.165) is 0 Å². The summed E-state index contributed by atoms with van der Waals surface area (Å²) in [6, 6.07) is 15.2. The van der Waals surface area contributed by atoms with Crippen LogP contribution in [0.1, 0.15) is 11.6 Å². The molecule has 0 aliphatic rings. The van der Waals surface area contributed by atoms with Crippen LogP contribution in [0.3, 0.4) is 0 Å². The van der Waals surface area contributed by atoms with Gasteiger partial charge < -0.3 is 20.6 Å². The van der Waals surface area contributed by atoms with Crippen LogP contribution in [0.25, 0.3) is 10.9 Å². The molecule has 0 saturated carbocycles. The lowest BCUT2D eigenvalue weighted by molar-refractivity contribution is -0.138. The molecule has 1 atom stereocenters. The number of nitrogens with two attached hydrogens (primary N) is 1. The molecule has 0 saturated heterocycles. The second-order valence-corrected chi connectivity index (χ2v) is 10.5. The third kappa shape index (κ3) is 4.18. The number of aromatic amines is 1. The smallest absolute Gasteiger partial charge is 0.325 e. The van der Waals surface area contributed by atoms with Crippen LogP contribution in [0.4, 0.5) is 0 Å². The predicted octanol–water partition coefficient (Wildman–Crippen LogP) is 5.40. The lowest BCUT2D eigenvalue weighted by Gasteiger charge is -2.14. The Labute approximate surface area is 200 Å². The van der Waals surface area contributed by atoms with E-state index in [-0.39, 0.29) is 9.79 Å². The van der Waals surface area contributed by atoms with Gasteiger partial charge in [0.05, 0.1) is 18.7 Å². The first-order valence-corrected chi connectivity index (χ1v) is 12.3. The molecule has 164 valence electrons. The van der Waals surface area contributed by atoms with Crippen molar-refractivity contribution in [3.8, 4) is 11.5 Å². The van der Waals surface area contributed by atoms with Gasteiger partial charge >= 0.3 is 5.97 Å². The van der Waals surface area contributed by atoms with E-state index in [2.05, 4.69) is 36.8 Å². The summed E-state index contributed by atoms with van der Waals surface area (Å²) in [6.07, 6.45) is 1.46. The average Bonchev–Trinajstić information content (AvgIpc) is 3.20. The predicted molar refractivity (Wildman–Crippen MR) is 127 cm³/mol. The molecule has 0 amide bonds. The van der Waals surface area contributed by atoms with Gasteiger partial charge in [0.15, 0.2) is 5.75 Å². The van der Waals surface area contributed by atoms with Crippen LogP contribution in [0.2, 0.25) is 0 Å². The van der Waals surface area contributed by atoms with Gasteiger partial charge in [-0.15, -0.1) is 0 Å². The van der Waals surface area contributed by atoms with Crippen molar-refractivity contribution in [3.05, 3.63) is 81.4 Å². The van der Waals surface area contributed by atoms with Crippen LogP contribution in [-0.4, -0.2) is 24.5 Å². The number of sulfone groups is 1. The lowest BCUT2D eigenvalue weighted by Crippen LogP contribution is -2.20. The SMILES string of the molecule is N[C@H](C(=O)O)c1cc(Br)c(Oc2ccc3[nH]cc(S(=O)(=O)c4ccccc4)c3c2)c(Br)c1. The van der Waals surface area contributed by atoms with E-state index < -0.39 is 21.8 Å². The highest BCUT2D eigenvalue weighted by Crippen LogP contribution is 2.40. The minimum Gasteiger partial charge on any atom is -0.480 e. The molecule has 7 nitrogen and oxygen atoms in total. The van der Waals surface area contributed by atoms with E-state index >= 15 is 0 Å². The first-order valence-electron chi connectivity index (χ1n) is 9.25. The van der Waals surface area contributed by atoms with Gasteiger partial charge in [0, 0.05) is 17.1 Å². The largest absolute Gasteiger partial charge is 0.480 e. The number of carboxylic acid groups (broad SMARTS) is 1. The first kappa shape index (κ1) is 22.5. The van der Waals surface area contributed by atoms with E-state index in [9.17, 15) is 13.2 Å². The molecule has 0 radical (unpaired) electrons. The molecule has 0 bridgehead atoms. The quantitative estimate of drug-likeness (QED) is 0.281. The van der Waals surface area contributed by atoms with Crippen LogP contribution in [0, 0.1) is 0 Å². The highest BCUT2D eigenvalue weighted by molar-refractivity contribution is 9.11. The molecule has 0 aliphatic carbocycles. The van der Waals surface area contributed by atoms with Gasteiger partial charge in [0.25, 0.3) is 0 Å². The Balaban J connectivity index is 1.73. The topological polar surface area (TPSA) is 122 Å². The zero-order valence-corrected chi connectivity index (χ0v) is 20.2. The fraction of sp³-hybridized carbons (Fsp3) is 0.0455. The number of nitrogens with one attached hydrogen (secondary N) is 1. The number of benzene rings is 3. The average molecular weight is 580 g/mol. The molecule has 0 unspecified atom stereocenters. The standard InChI is InChI=1S/C22H16Br2N2O5S/c23-16-8-12(20(25)22(27)28)9-17(24)21(16)31-13-6-7-18-15(10-13)19(11-26-18)32(29,30)14-4-2-1-3-5-14/h1-11,20,26H,25H2,(H,27,28)/t20-/m0/s1. The number of ether oxygens (including phenoxy) is 1. The van der Waals surface area contributed by atoms with E-state index in [1.165, 1.54) is 6.20 Å². The van der Waals surface area contributed by atoms with E-state index in [1.807, 2.05) is 0 Å². The monoisotopic (exact) mass is 578 g/mol. The second-order valence-electron chi connectivity index (χ2n) is 6.91. The lowest BCUT2D eigenvalue weighted by atomic mass is 10.1. The molecule has 3 aromatic carbocycles. The van der Waals surface area contributed by atoms with Crippen molar-refractivity contribution in [2.24, 2.45) is 5.73 Å². The molecule has 0 spiro atoms. The number of aliphatic carboxylic acids is 1. The fourth-order valence-corrected chi connectivity index (χ4v) is 6.03. The molecular formula is C22H16Br2N2O5S. The van der Waals surface area contributed by atoms with Crippen molar-refractivity contribution in [2.45, 2.75) is 15.8 Å². The third-order valence-electron chi connectivity index (χ3n) is 4.82. The Bertz CT molecular complexity index is 1410. The summed E-state index contributed by atoms with van der Waals surface area (Å²) in [5.74, 6) is -0.352. The van der Waals surface area contributed by atoms with Crippen molar-refractivity contribution in [2.75, 3.05) is 0 Å². The number of aromatic nitrogens is 1. The summed E-state index contributed by atoms with van der Waals surface area (Å²) in [7, 11) is -3.73. The maximum Gasteiger partial charge on any atom is 0.325 e. The molecule has 1 aromatic heterocycles. The van der Waals surface area contributed by atoms with Gasteiger partial charge in [-0.1, -0.05) is 18.2 Å². The van der Waals surface area contributed by atoms with Crippen LogP contribution in [0.5, 0.6) is 11.5 Å². The van der Waals surface area contributed by atoms with Gasteiger partial charge in [-0.05, 0) is 79.9 Å². The molecule has 0 fully saturated rings. The number of hydrogen-bond donors (Lipinski definition) is 3. The fourth-order valence-electron chi connectivity index (χ4n) is 3.20. The van der Waals surface area contributed by atoms with E-state index in [4.69, 9.17) is 15.6 Å². The zero-order valence-electron chi connectivity index (χ0n) is 16.2. The minimum absolute atomic E-state index is 0.144. The molecule has 4 rings (SSSR count). The Hall–Kier alpha value is -2.66. The maximum atomic E-state index is 13.1. The first-order chi connectivity index (χ1) is 15.2. The molecule has 10 heteroatoms. The van der Waals surface area contributed by atoms with Crippen molar-refractivity contribution in [1.29, 1.82) is 0 Å². The van der Waals surface area contributed by atoms with Crippen LogP contribution in [-0.2, 0) is 14.6 Å². The van der Waals surface area contributed by atoms with Gasteiger partial charge in [-0.2, -0.15) is 0 Å². The van der Waals surface area contributed by atoms with Crippen LogP contribution < -0.4 is 10.5 Å². The van der Waals surface area contributed by atoms with Crippen molar-refractivity contribution in [3.63, 3.8) is 0 Å². The highest BCUT2D eigenvalue weighted by Gasteiger charge is 2.23. The van der Waals surface area contributed by atoms with Crippen LogP contribution >= 0.6 is 31.9 Å². The Kier molecular flexibility index (Phi) is 6.13. The minimum atomic E-state index is -3.73. The Morgan fingerprint density at radius 2 is 1.69 bits per heavy atom. The van der Waals surface area contributed by atoms with E-state index in [1.54, 1.807) is 60.7 Å². The second kappa shape index (κ2) is 8.70. The number of hydrogen-bond acceptors (Lipinski definition) is 5. The number of rotatable bonds is 6. The molecule has 32 heavy (non-hydrogen) atoms. The van der Waals surface area contributed by atoms with Gasteiger partial charge in [-0.3, -0.25) is 4.79 Å². The summed E-state index contributed by atoms with van der Waals surface area (Å²) in [5, 5.41) is 9.63. The number of fused-ring (bicyclic) bond motifs is 1. The summed E-state index contributed by atoms with van der Waals surface area (Å²) >= 11 is 6.77. The zero-order chi connectivity index (χ0) is 23.0. The molecule has 4 aromatic rings. The highest BCUT2D eigenvalue weighted by atomic mass is 79.9. The summed E-state index contributed by atoms with van der Waals surface area (Å²) in [5.41, 5.74) is 6.73. The van der Waals surface area contributed by atoms with Crippen molar-refractivity contribution >= 4 is 58.6 Å². The van der Waals surface area contributed by atoms with Gasteiger partial charge in [0.1, 0.15) is 11.8 Å². The normalized spacial score (nSPS) is 12.6. The summed E-state index contributed by atoms with van der Waals surface area (Å²) in [4.78, 5) is 14.5. The summed E-state index contributed by atoms with van der Waals surface area (Å²) in [6.45, 7) is 0. The molecular weight excluding hydrogens is 564 g/mol. The van der Waals surface area contributed by atoms with E-state index in [0.29, 0.717) is 36.9 Å². The number of carbonyl (C=O) groups is 1. The molecule has 1 heterocycles. The van der Waals surface area contributed by atoms with Gasteiger partial charge in [-0.25, -0.2) is 8.42 Å². The van der Waals surface area contributed by atoms with Gasteiger partial charge in [0.2, 0.25) is 9.84 Å². The number of halogens is 2. The Morgan fingerprint density at radius 3 is 2.31 bits per heavy atom. The molecule has 4 N–H and O–H groups in total. The number of carboxylic acids is 1. The Morgan fingerprint density at radius 1 is 1.03 bits per heavy atom. The third-order valence-corrected chi connectivity index (χ3v) is 7.81. The molecule has 0 aliphatic heterocycles. The maximum absolute atomic E-state index is 13.1. The van der Waals surface area contributed by atoms with Crippen LogP contribution in [0.15, 0.2) is 85.6 Å². The summed E-state index contributed by atoms with van der Waals surface area (Å²) < 4.78 is 33.2.